The molecule has 1 heterocycles. The van der Waals surface area contributed by atoms with Crippen molar-refractivity contribution in [2.75, 3.05) is 18.5 Å². The maximum absolute atomic E-state index is 12.4. The summed E-state index contributed by atoms with van der Waals surface area (Å²) in [4.78, 5) is 36.6. The number of carbonyl (C=O) groups excluding carboxylic acids is 2. The third-order valence-corrected chi connectivity index (χ3v) is 3.65. The number of carboxylic acid groups (broad SMARTS) is 1. The summed E-state index contributed by atoms with van der Waals surface area (Å²) >= 11 is 0. The average Bonchev–Trinajstić information content (AvgIpc) is 3.14. The largest absolute Gasteiger partial charge is 0.481 e. The normalized spacial score (nSPS) is 10.3. The molecule has 0 saturated heterocycles. The lowest BCUT2D eigenvalue weighted by Crippen LogP contribution is -2.31. The number of benzene rings is 1. The van der Waals surface area contributed by atoms with Gasteiger partial charge in [0, 0.05) is 20.0 Å². The Bertz CT molecular complexity index is 740. The second kappa shape index (κ2) is 8.68. The van der Waals surface area contributed by atoms with E-state index in [4.69, 9.17) is 9.52 Å². The van der Waals surface area contributed by atoms with E-state index < -0.39 is 5.97 Å². The summed E-state index contributed by atoms with van der Waals surface area (Å²) in [6.45, 7) is 0.371. The van der Waals surface area contributed by atoms with Crippen molar-refractivity contribution in [2.24, 2.45) is 0 Å². The molecule has 2 amide bonds. The van der Waals surface area contributed by atoms with Gasteiger partial charge in [-0.25, -0.2) is 0 Å². The first-order valence-electron chi connectivity index (χ1n) is 7.91. The Morgan fingerprint density at radius 1 is 1.12 bits per heavy atom. The van der Waals surface area contributed by atoms with Gasteiger partial charge in [-0.2, -0.15) is 0 Å². The average molecular weight is 344 g/mol. The van der Waals surface area contributed by atoms with Crippen LogP contribution in [0.5, 0.6) is 0 Å². The van der Waals surface area contributed by atoms with Gasteiger partial charge in [-0.1, -0.05) is 12.1 Å². The van der Waals surface area contributed by atoms with Gasteiger partial charge in [-0.15, -0.1) is 0 Å². The molecule has 0 bridgehead atoms. The number of para-hydroxylation sites is 1. The summed E-state index contributed by atoms with van der Waals surface area (Å²) in [6, 6.07) is 9.95. The van der Waals surface area contributed by atoms with Crippen molar-refractivity contribution in [3.63, 3.8) is 0 Å². The number of furan rings is 1. The van der Waals surface area contributed by atoms with Crippen molar-refractivity contribution in [3.05, 3.63) is 54.0 Å². The van der Waals surface area contributed by atoms with Gasteiger partial charge >= 0.3 is 5.97 Å². The monoisotopic (exact) mass is 344 g/mol. The number of aliphatic carboxylic acids is 1. The number of amides is 2. The van der Waals surface area contributed by atoms with E-state index in [0.29, 0.717) is 30.6 Å². The van der Waals surface area contributed by atoms with Crippen LogP contribution in [-0.4, -0.2) is 36.5 Å². The van der Waals surface area contributed by atoms with Gasteiger partial charge < -0.3 is 19.7 Å². The highest BCUT2D eigenvalue weighted by Crippen LogP contribution is 2.21. The Balaban J connectivity index is 2.03. The molecule has 0 aliphatic carbocycles. The van der Waals surface area contributed by atoms with Gasteiger partial charge in [0.25, 0.3) is 11.8 Å². The third kappa shape index (κ3) is 4.94. The fourth-order valence-electron chi connectivity index (χ4n) is 2.33. The number of nitrogens with one attached hydrogen (secondary N) is 1. The van der Waals surface area contributed by atoms with E-state index in [1.165, 1.54) is 11.2 Å². The highest BCUT2D eigenvalue weighted by molar-refractivity contribution is 6.09. The highest BCUT2D eigenvalue weighted by atomic mass is 16.4. The van der Waals surface area contributed by atoms with Crippen molar-refractivity contribution >= 4 is 23.5 Å². The van der Waals surface area contributed by atoms with Crippen molar-refractivity contribution in [2.45, 2.75) is 19.3 Å². The molecule has 0 atom stereocenters. The van der Waals surface area contributed by atoms with Crippen LogP contribution in [0.15, 0.2) is 47.1 Å². The van der Waals surface area contributed by atoms with Gasteiger partial charge in [0.2, 0.25) is 0 Å². The minimum atomic E-state index is -0.852. The van der Waals surface area contributed by atoms with Gasteiger partial charge in [-0.3, -0.25) is 14.4 Å². The molecule has 1 aromatic carbocycles. The van der Waals surface area contributed by atoms with Crippen LogP contribution >= 0.6 is 0 Å². The van der Waals surface area contributed by atoms with E-state index in [9.17, 15) is 14.4 Å². The molecule has 7 heteroatoms. The van der Waals surface area contributed by atoms with Crippen LogP contribution in [0.3, 0.4) is 0 Å². The summed E-state index contributed by atoms with van der Waals surface area (Å²) in [5.74, 6) is -1.34. The number of unbranched alkanes of at least 4 members (excludes halogenated alkanes) is 1. The summed E-state index contributed by atoms with van der Waals surface area (Å²) in [5, 5.41) is 11.3. The first-order valence-corrected chi connectivity index (χ1v) is 7.91. The van der Waals surface area contributed by atoms with Crippen LogP contribution in [0.1, 0.15) is 40.2 Å². The molecule has 0 saturated carbocycles. The number of hydrogen-bond donors (Lipinski definition) is 2. The van der Waals surface area contributed by atoms with E-state index in [2.05, 4.69) is 5.32 Å². The lowest BCUT2D eigenvalue weighted by molar-refractivity contribution is -0.137. The Kier molecular flexibility index (Phi) is 6.33. The number of anilines is 1. The van der Waals surface area contributed by atoms with E-state index >= 15 is 0 Å². The third-order valence-electron chi connectivity index (χ3n) is 3.65. The van der Waals surface area contributed by atoms with E-state index in [-0.39, 0.29) is 24.0 Å². The van der Waals surface area contributed by atoms with Crippen LogP contribution in [-0.2, 0) is 4.79 Å². The quantitative estimate of drug-likeness (QED) is 0.717. The fourth-order valence-corrected chi connectivity index (χ4v) is 2.33. The number of carbonyl (C=O) groups is 3. The van der Waals surface area contributed by atoms with Gasteiger partial charge in [-0.05, 0) is 37.1 Å². The molecule has 0 spiro atoms. The maximum Gasteiger partial charge on any atom is 0.303 e. The molecule has 2 N–H and O–H groups in total. The van der Waals surface area contributed by atoms with Crippen molar-refractivity contribution < 1.29 is 23.9 Å². The van der Waals surface area contributed by atoms with Crippen molar-refractivity contribution in [1.82, 2.24) is 5.32 Å². The van der Waals surface area contributed by atoms with Gasteiger partial charge in [0.1, 0.15) is 0 Å². The van der Waals surface area contributed by atoms with Crippen molar-refractivity contribution in [3.8, 4) is 0 Å². The van der Waals surface area contributed by atoms with Crippen LogP contribution < -0.4 is 10.2 Å². The summed E-state index contributed by atoms with van der Waals surface area (Å²) in [5.41, 5.74) is 0.829. The molecule has 1 aromatic heterocycles. The smallest absolute Gasteiger partial charge is 0.303 e. The summed E-state index contributed by atoms with van der Waals surface area (Å²) in [7, 11) is 1.57. The van der Waals surface area contributed by atoms with Crippen molar-refractivity contribution in [1.29, 1.82) is 0 Å². The Morgan fingerprint density at radius 2 is 1.88 bits per heavy atom. The zero-order valence-corrected chi connectivity index (χ0v) is 13.9. The zero-order valence-electron chi connectivity index (χ0n) is 13.9. The molecule has 0 aliphatic heterocycles. The topological polar surface area (TPSA) is 99.9 Å². The fraction of sp³-hybridized carbons (Fsp3) is 0.278. The minimum Gasteiger partial charge on any atom is -0.481 e. The first kappa shape index (κ1) is 18.3. The SMILES string of the molecule is CN(C(=O)c1ccco1)c1ccccc1C(=O)NCCCCC(=O)O. The Morgan fingerprint density at radius 3 is 2.56 bits per heavy atom. The van der Waals surface area contributed by atoms with E-state index in [0.717, 1.165) is 0 Å². The molecule has 25 heavy (non-hydrogen) atoms. The number of carboxylic acids is 1. The molecule has 0 radical (unpaired) electrons. The molecule has 2 rings (SSSR count). The number of hydrogen-bond acceptors (Lipinski definition) is 4. The zero-order chi connectivity index (χ0) is 18.2. The molecular weight excluding hydrogens is 324 g/mol. The predicted molar refractivity (Wildman–Crippen MR) is 91.7 cm³/mol. The Hall–Kier alpha value is -3.09. The lowest BCUT2D eigenvalue weighted by atomic mass is 10.1. The summed E-state index contributed by atoms with van der Waals surface area (Å²) in [6.07, 6.45) is 2.55. The van der Waals surface area contributed by atoms with Crippen LogP contribution in [0.25, 0.3) is 0 Å². The molecule has 0 aliphatic rings. The minimum absolute atomic E-state index is 0.0762. The number of nitrogens with zero attached hydrogens (tertiary/aromatic N) is 1. The van der Waals surface area contributed by atoms with Gasteiger partial charge in [0.15, 0.2) is 5.76 Å². The molecule has 0 fully saturated rings. The molecule has 0 unspecified atom stereocenters. The molecule has 7 nitrogen and oxygen atoms in total. The van der Waals surface area contributed by atoms with E-state index in [1.54, 1.807) is 43.4 Å². The lowest BCUT2D eigenvalue weighted by Gasteiger charge is -2.19. The standard InChI is InChI=1S/C18H20N2O5/c1-20(18(24)15-9-6-12-25-15)14-8-3-2-7-13(14)17(23)19-11-5-4-10-16(21)22/h2-3,6-9,12H,4-5,10-11H2,1H3,(H,19,23)(H,21,22). The first-order chi connectivity index (χ1) is 12.0. The second-order valence-electron chi connectivity index (χ2n) is 5.47. The summed E-state index contributed by atoms with van der Waals surface area (Å²) < 4.78 is 5.11. The molecule has 132 valence electrons. The highest BCUT2D eigenvalue weighted by Gasteiger charge is 2.20. The van der Waals surface area contributed by atoms with Crippen LogP contribution in [0.2, 0.25) is 0 Å². The van der Waals surface area contributed by atoms with E-state index in [1.807, 2.05) is 0 Å². The predicted octanol–water partition coefficient (Wildman–Crippen LogP) is 2.54. The maximum atomic E-state index is 12.4. The van der Waals surface area contributed by atoms with Crippen LogP contribution in [0.4, 0.5) is 5.69 Å². The van der Waals surface area contributed by atoms with Gasteiger partial charge in [0.05, 0.1) is 17.5 Å². The number of rotatable bonds is 8. The molecular formula is C18H20N2O5. The Labute approximate surface area is 145 Å². The molecule has 2 aromatic rings. The second-order valence-corrected chi connectivity index (χ2v) is 5.47. The van der Waals surface area contributed by atoms with Crippen LogP contribution in [0, 0.1) is 0 Å².